The topological polar surface area (TPSA) is 82.9 Å². The average Bonchev–Trinajstić information content (AvgIpc) is 3.50. The molecule has 2 aliphatic heterocycles. The molecule has 2 aromatic carbocycles. The SMILES string of the molecule is Cc1cc(C)c2cc([C@H](c3nnnn3Cc3ccccc3)N3CCN4CCC[C@@H]4C3)c(=O)[nH]c2c1. The molecule has 35 heavy (non-hydrogen) atoms. The maximum Gasteiger partial charge on any atom is 0.253 e. The first-order valence-corrected chi connectivity index (χ1v) is 12.5. The van der Waals surface area contributed by atoms with Crippen LogP contribution in [0.5, 0.6) is 0 Å². The fourth-order valence-electron chi connectivity index (χ4n) is 5.92. The molecule has 0 spiro atoms. The first-order chi connectivity index (χ1) is 17.1. The fraction of sp³-hybridized carbons (Fsp3) is 0.407. The normalized spacial score (nSPS) is 19.8. The maximum atomic E-state index is 13.6. The number of hydrogen-bond acceptors (Lipinski definition) is 6. The van der Waals surface area contributed by atoms with Crippen LogP contribution in [0.25, 0.3) is 10.9 Å². The summed E-state index contributed by atoms with van der Waals surface area (Å²) in [4.78, 5) is 21.7. The Morgan fingerprint density at radius 3 is 2.80 bits per heavy atom. The van der Waals surface area contributed by atoms with Crippen molar-refractivity contribution in [2.75, 3.05) is 26.2 Å². The summed E-state index contributed by atoms with van der Waals surface area (Å²) in [5.74, 6) is 0.718. The predicted octanol–water partition coefficient (Wildman–Crippen LogP) is 3.05. The van der Waals surface area contributed by atoms with E-state index < -0.39 is 0 Å². The van der Waals surface area contributed by atoms with Crippen LogP contribution in [0.3, 0.4) is 0 Å². The van der Waals surface area contributed by atoms with Gasteiger partial charge in [-0.15, -0.1) is 5.10 Å². The van der Waals surface area contributed by atoms with Gasteiger partial charge in [-0.25, -0.2) is 4.68 Å². The molecule has 0 amide bonds. The number of piperazine rings is 1. The zero-order valence-electron chi connectivity index (χ0n) is 20.3. The van der Waals surface area contributed by atoms with Crippen molar-refractivity contribution >= 4 is 10.9 Å². The van der Waals surface area contributed by atoms with Gasteiger partial charge in [0.25, 0.3) is 5.56 Å². The highest BCUT2D eigenvalue weighted by Crippen LogP contribution is 2.32. The number of aromatic nitrogens is 5. The molecule has 180 valence electrons. The third kappa shape index (κ3) is 4.17. The minimum absolute atomic E-state index is 0.0735. The van der Waals surface area contributed by atoms with Gasteiger partial charge in [0.2, 0.25) is 0 Å². The molecule has 4 heterocycles. The van der Waals surface area contributed by atoms with Crippen molar-refractivity contribution < 1.29 is 0 Å². The zero-order chi connectivity index (χ0) is 23.9. The first-order valence-electron chi connectivity index (χ1n) is 12.5. The number of rotatable bonds is 5. The lowest BCUT2D eigenvalue weighted by Gasteiger charge is -2.41. The number of benzene rings is 2. The van der Waals surface area contributed by atoms with Crippen LogP contribution in [0.4, 0.5) is 0 Å². The second kappa shape index (κ2) is 9.02. The van der Waals surface area contributed by atoms with Crippen molar-refractivity contribution in [3.05, 3.63) is 87.0 Å². The number of H-pyrrole nitrogens is 1. The largest absolute Gasteiger partial charge is 0.322 e. The van der Waals surface area contributed by atoms with Crippen molar-refractivity contribution in [2.45, 2.75) is 45.3 Å². The molecule has 8 heteroatoms. The predicted molar refractivity (Wildman–Crippen MR) is 135 cm³/mol. The Labute approximate surface area is 204 Å². The number of aryl methyl sites for hydroxylation is 2. The van der Waals surface area contributed by atoms with Gasteiger partial charge in [-0.2, -0.15) is 0 Å². The highest BCUT2D eigenvalue weighted by molar-refractivity contribution is 5.83. The Morgan fingerprint density at radius 1 is 1.09 bits per heavy atom. The lowest BCUT2D eigenvalue weighted by molar-refractivity contribution is 0.0790. The smallest absolute Gasteiger partial charge is 0.253 e. The van der Waals surface area contributed by atoms with E-state index in [1.807, 2.05) is 28.9 Å². The van der Waals surface area contributed by atoms with E-state index >= 15 is 0 Å². The van der Waals surface area contributed by atoms with Gasteiger partial charge < -0.3 is 4.98 Å². The lowest BCUT2D eigenvalue weighted by atomic mass is 9.98. The maximum absolute atomic E-state index is 13.6. The molecule has 4 aromatic rings. The molecule has 0 unspecified atom stereocenters. The van der Waals surface area contributed by atoms with Crippen LogP contribution in [0, 0.1) is 13.8 Å². The van der Waals surface area contributed by atoms with Crippen molar-refractivity contribution in [3.8, 4) is 0 Å². The molecule has 2 fully saturated rings. The van der Waals surface area contributed by atoms with E-state index in [2.05, 4.69) is 68.4 Å². The molecule has 6 rings (SSSR count). The number of nitrogens with zero attached hydrogens (tertiary/aromatic N) is 6. The molecule has 2 atom stereocenters. The van der Waals surface area contributed by atoms with Crippen LogP contribution in [-0.2, 0) is 6.54 Å². The molecule has 0 radical (unpaired) electrons. The van der Waals surface area contributed by atoms with E-state index in [4.69, 9.17) is 0 Å². The number of nitrogens with one attached hydrogen (secondary N) is 1. The monoisotopic (exact) mass is 469 g/mol. The van der Waals surface area contributed by atoms with Crippen molar-refractivity contribution in [3.63, 3.8) is 0 Å². The van der Waals surface area contributed by atoms with Crippen LogP contribution in [0.2, 0.25) is 0 Å². The van der Waals surface area contributed by atoms with Crippen molar-refractivity contribution in [1.29, 1.82) is 0 Å². The van der Waals surface area contributed by atoms with E-state index in [1.165, 1.54) is 19.4 Å². The summed E-state index contributed by atoms with van der Waals surface area (Å²) in [6, 6.07) is 16.7. The molecular weight excluding hydrogens is 438 g/mol. The third-order valence-corrected chi connectivity index (χ3v) is 7.60. The fourth-order valence-corrected chi connectivity index (χ4v) is 5.92. The molecule has 0 bridgehead atoms. The summed E-state index contributed by atoms with van der Waals surface area (Å²) < 4.78 is 1.85. The summed E-state index contributed by atoms with van der Waals surface area (Å²) in [5, 5.41) is 14.0. The molecule has 2 saturated heterocycles. The second-order valence-electron chi connectivity index (χ2n) is 10.0. The van der Waals surface area contributed by atoms with Crippen molar-refractivity contribution in [2.24, 2.45) is 0 Å². The minimum Gasteiger partial charge on any atom is -0.322 e. The number of aromatic amines is 1. The Kier molecular flexibility index (Phi) is 5.70. The van der Waals surface area contributed by atoms with Crippen LogP contribution in [0.1, 0.15) is 47.0 Å². The highest BCUT2D eigenvalue weighted by Gasteiger charge is 2.37. The minimum atomic E-state index is -0.315. The van der Waals surface area contributed by atoms with E-state index in [0.717, 1.165) is 53.1 Å². The molecule has 0 aliphatic carbocycles. The molecule has 1 N–H and O–H groups in total. The van der Waals surface area contributed by atoms with Crippen molar-refractivity contribution in [1.82, 2.24) is 35.0 Å². The van der Waals surface area contributed by atoms with Crippen LogP contribution in [0.15, 0.2) is 53.3 Å². The summed E-state index contributed by atoms with van der Waals surface area (Å²) >= 11 is 0. The van der Waals surface area contributed by atoms with E-state index in [0.29, 0.717) is 18.2 Å². The van der Waals surface area contributed by atoms with Gasteiger partial charge in [0, 0.05) is 42.1 Å². The third-order valence-electron chi connectivity index (χ3n) is 7.60. The zero-order valence-corrected chi connectivity index (χ0v) is 20.3. The van der Waals surface area contributed by atoms with Crippen LogP contribution >= 0.6 is 0 Å². The van der Waals surface area contributed by atoms with Gasteiger partial charge in [0.15, 0.2) is 5.82 Å². The highest BCUT2D eigenvalue weighted by atomic mass is 16.1. The standard InChI is InChI=1S/C27H31N7O/c1-18-13-19(2)22-15-23(27(35)28-24(22)14-18)25(33-12-11-32-10-6-9-21(32)17-33)26-29-30-31-34(26)16-20-7-4-3-5-8-20/h3-5,7-8,13-15,21,25H,6,9-12,16-17H2,1-2H3,(H,28,35)/t21-,25-/m1/s1. The molecular formula is C27H31N7O. The molecule has 0 saturated carbocycles. The Morgan fingerprint density at radius 2 is 1.94 bits per heavy atom. The van der Waals surface area contributed by atoms with Gasteiger partial charge in [-0.05, 0) is 72.5 Å². The van der Waals surface area contributed by atoms with Gasteiger partial charge in [-0.3, -0.25) is 14.6 Å². The van der Waals surface area contributed by atoms with Gasteiger partial charge >= 0.3 is 0 Å². The van der Waals surface area contributed by atoms with Gasteiger partial charge in [-0.1, -0.05) is 36.4 Å². The number of fused-ring (bicyclic) bond motifs is 2. The Hall–Kier alpha value is -3.36. The quantitative estimate of drug-likeness (QED) is 0.484. The molecule has 2 aromatic heterocycles. The summed E-state index contributed by atoms with van der Waals surface area (Å²) in [7, 11) is 0. The number of hydrogen-bond donors (Lipinski definition) is 1. The van der Waals surface area contributed by atoms with E-state index in [9.17, 15) is 4.79 Å². The second-order valence-corrected chi connectivity index (χ2v) is 10.0. The molecule has 8 nitrogen and oxygen atoms in total. The summed E-state index contributed by atoms with van der Waals surface area (Å²) in [6.07, 6.45) is 2.44. The van der Waals surface area contributed by atoms with Gasteiger partial charge in [0.05, 0.1) is 6.54 Å². The summed E-state index contributed by atoms with van der Waals surface area (Å²) in [5.41, 5.74) is 4.93. The van der Waals surface area contributed by atoms with E-state index in [1.54, 1.807) is 0 Å². The van der Waals surface area contributed by atoms with Gasteiger partial charge in [0.1, 0.15) is 6.04 Å². The Balaban J connectivity index is 1.47. The molecule has 2 aliphatic rings. The van der Waals surface area contributed by atoms with E-state index in [-0.39, 0.29) is 11.6 Å². The van der Waals surface area contributed by atoms with Crippen LogP contribution < -0.4 is 5.56 Å². The summed E-state index contributed by atoms with van der Waals surface area (Å²) in [6.45, 7) is 8.68. The first kappa shape index (κ1) is 22.1. The average molecular weight is 470 g/mol. The Bertz CT molecular complexity index is 1410. The van der Waals surface area contributed by atoms with Crippen LogP contribution in [-0.4, -0.2) is 67.2 Å². The number of tetrazole rings is 1. The number of pyridine rings is 1. The lowest BCUT2D eigenvalue weighted by Crippen LogP contribution is -2.52.